The number of nitrogens with zero attached hydrogens (tertiary/aromatic N) is 2. The quantitative estimate of drug-likeness (QED) is 0.265. The second-order valence-corrected chi connectivity index (χ2v) is 7.64. The van der Waals surface area contributed by atoms with Gasteiger partial charge in [-0.3, -0.25) is 19.8 Å². The Morgan fingerprint density at radius 3 is 2.73 bits per heavy atom. The molecule has 1 N–H and O–H groups in total. The summed E-state index contributed by atoms with van der Waals surface area (Å²) in [6.45, 7) is 6.02. The Bertz CT molecular complexity index is 1200. The van der Waals surface area contributed by atoms with Gasteiger partial charge >= 0.3 is 0 Å². The molecular weight excluding hydrogens is 462 g/mol. The number of nitriles is 1. The molecule has 0 spiro atoms. The average molecular weight is 482 g/mol. The van der Waals surface area contributed by atoms with Crippen LogP contribution >= 0.6 is 23.8 Å². The third-order valence-corrected chi connectivity index (χ3v) is 5.25. The number of amides is 2. The van der Waals surface area contributed by atoms with Gasteiger partial charge < -0.3 is 9.47 Å². The molecule has 1 saturated heterocycles. The molecule has 33 heavy (non-hydrogen) atoms. The maximum Gasteiger partial charge on any atom is 0.265 e. The van der Waals surface area contributed by atoms with Crippen LogP contribution in [0.25, 0.3) is 6.08 Å². The Morgan fingerprint density at radius 1 is 1.27 bits per heavy atom. The number of hydrogen-bond donors (Lipinski definition) is 1. The van der Waals surface area contributed by atoms with Crippen molar-refractivity contribution in [1.82, 2.24) is 10.2 Å². The van der Waals surface area contributed by atoms with Gasteiger partial charge in [-0.1, -0.05) is 35.9 Å². The van der Waals surface area contributed by atoms with Crippen LogP contribution in [0.15, 0.2) is 54.6 Å². The molecule has 0 saturated carbocycles. The van der Waals surface area contributed by atoms with Crippen LogP contribution in [0.4, 0.5) is 0 Å². The van der Waals surface area contributed by atoms with Crippen LogP contribution in [-0.4, -0.2) is 35.0 Å². The van der Waals surface area contributed by atoms with Crippen molar-refractivity contribution in [2.75, 3.05) is 13.2 Å². The number of benzene rings is 2. The number of carbonyl (C=O) groups excluding carboxylic acids is 2. The summed E-state index contributed by atoms with van der Waals surface area (Å²) in [7, 11) is 0. The fourth-order valence-electron chi connectivity index (χ4n) is 3.13. The first kappa shape index (κ1) is 24.0. The molecule has 1 aliphatic rings. The van der Waals surface area contributed by atoms with E-state index in [0.717, 1.165) is 0 Å². The highest BCUT2D eigenvalue weighted by Crippen LogP contribution is 2.38. The molecule has 1 aliphatic heterocycles. The van der Waals surface area contributed by atoms with Gasteiger partial charge in [0.1, 0.15) is 12.2 Å². The molecule has 0 radical (unpaired) electrons. The lowest BCUT2D eigenvalue weighted by Crippen LogP contribution is -2.53. The van der Waals surface area contributed by atoms with Gasteiger partial charge in [-0.15, -0.1) is 6.58 Å². The molecule has 2 aromatic rings. The number of thiocarbonyl (C=S) groups is 1. The van der Waals surface area contributed by atoms with Crippen LogP contribution in [0, 0.1) is 11.3 Å². The van der Waals surface area contributed by atoms with Gasteiger partial charge in [-0.2, -0.15) is 5.26 Å². The summed E-state index contributed by atoms with van der Waals surface area (Å²) in [5, 5.41) is 12.0. The molecular formula is C24H20ClN3O4S. The summed E-state index contributed by atoms with van der Waals surface area (Å²) >= 11 is 11.5. The van der Waals surface area contributed by atoms with E-state index in [-0.39, 0.29) is 28.9 Å². The highest BCUT2D eigenvalue weighted by molar-refractivity contribution is 7.80. The van der Waals surface area contributed by atoms with E-state index in [4.69, 9.17) is 33.3 Å². The SMILES string of the molecule is C=CCN1C(=O)/C(=C/c2cc(Cl)c(OCc3ccccc3C#N)c(OCC)c2)C(=O)NC1=S. The topological polar surface area (TPSA) is 91.7 Å². The molecule has 0 bridgehead atoms. The maximum atomic E-state index is 12.8. The van der Waals surface area contributed by atoms with Crippen LogP contribution in [0.3, 0.4) is 0 Å². The third kappa shape index (κ3) is 5.40. The van der Waals surface area contributed by atoms with Gasteiger partial charge in [0.05, 0.1) is 23.3 Å². The minimum Gasteiger partial charge on any atom is -0.490 e. The zero-order chi connectivity index (χ0) is 24.0. The van der Waals surface area contributed by atoms with E-state index in [2.05, 4.69) is 18.0 Å². The van der Waals surface area contributed by atoms with Crippen molar-refractivity contribution in [2.24, 2.45) is 0 Å². The predicted molar refractivity (Wildman–Crippen MR) is 129 cm³/mol. The molecule has 2 amide bonds. The smallest absolute Gasteiger partial charge is 0.265 e. The van der Waals surface area contributed by atoms with Gasteiger partial charge in [-0.05, 0) is 49.0 Å². The first-order valence-electron chi connectivity index (χ1n) is 9.96. The number of carbonyl (C=O) groups is 2. The van der Waals surface area contributed by atoms with Crippen LogP contribution in [0.2, 0.25) is 5.02 Å². The molecule has 0 aliphatic carbocycles. The van der Waals surface area contributed by atoms with E-state index in [0.29, 0.717) is 34.8 Å². The number of hydrogen-bond acceptors (Lipinski definition) is 6. The normalized spacial score (nSPS) is 14.6. The number of rotatable bonds is 8. The molecule has 0 unspecified atom stereocenters. The zero-order valence-corrected chi connectivity index (χ0v) is 19.3. The summed E-state index contributed by atoms with van der Waals surface area (Å²) < 4.78 is 11.6. The Hall–Kier alpha value is -3.67. The van der Waals surface area contributed by atoms with E-state index >= 15 is 0 Å². The lowest BCUT2D eigenvalue weighted by atomic mass is 10.1. The first-order valence-corrected chi connectivity index (χ1v) is 10.7. The standard InChI is InChI=1S/C24H20ClN3O4S/c1-3-9-28-23(30)18(22(29)27-24(28)33)10-15-11-19(25)21(20(12-15)31-4-2)32-14-17-8-6-5-7-16(17)13-26/h3,5-8,10-12H,1,4,9,14H2,2H3,(H,27,29,33)/b18-10+. The summed E-state index contributed by atoms with van der Waals surface area (Å²) in [4.78, 5) is 26.4. The molecule has 2 aromatic carbocycles. The summed E-state index contributed by atoms with van der Waals surface area (Å²) in [6.07, 6.45) is 2.93. The average Bonchev–Trinajstić information content (AvgIpc) is 2.79. The largest absolute Gasteiger partial charge is 0.490 e. The molecule has 1 fully saturated rings. The van der Waals surface area contributed by atoms with Gasteiger partial charge in [0, 0.05) is 12.1 Å². The summed E-state index contributed by atoms with van der Waals surface area (Å²) in [5.74, 6) is -0.505. The van der Waals surface area contributed by atoms with Crippen molar-refractivity contribution in [3.63, 3.8) is 0 Å². The summed E-state index contributed by atoms with van der Waals surface area (Å²) in [5.41, 5.74) is 1.57. The van der Waals surface area contributed by atoms with Gasteiger partial charge in [0.2, 0.25) is 0 Å². The van der Waals surface area contributed by atoms with Crippen molar-refractivity contribution in [2.45, 2.75) is 13.5 Å². The molecule has 1 heterocycles. The maximum absolute atomic E-state index is 12.8. The molecule has 9 heteroatoms. The first-order chi connectivity index (χ1) is 15.9. The minimum atomic E-state index is -0.604. The lowest BCUT2D eigenvalue weighted by molar-refractivity contribution is -0.128. The Labute approximate surface area is 201 Å². The van der Waals surface area contributed by atoms with E-state index in [1.807, 2.05) is 6.07 Å². The van der Waals surface area contributed by atoms with Gasteiger partial charge in [-0.25, -0.2) is 0 Å². The number of nitrogens with one attached hydrogen (secondary N) is 1. The summed E-state index contributed by atoms with van der Waals surface area (Å²) in [6, 6.07) is 12.4. The van der Waals surface area contributed by atoms with E-state index in [9.17, 15) is 14.9 Å². The van der Waals surface area contributed by atoms with Crippen LogP contribution in [0.1, 0.15) is 23.6 Å². The number of ether oxygens (including phenoxy) is 2. The Morgan fingerprint density at radius 2 is 2.03 bits per heavy atom. The Kier molecular flexibility index (Phi) is 7.83. The zero-order valence-electron chi connectivity index (χ0n) is 17.8. The highest BCUT2D eigenvalue weighted by atomic mass is 35.5. The van der Waals surface area contributed by atoms with Gasteiger partial charge in [0.15, 0.2) is 16.6 Å². The molecule has 168 valence electrons. The third-order valence-electron chi connectivity index (χ3n) is 4.65. The lowest BCUT2D eigenvalue weighted by Gasteiger charge is -2.27. The Balaban J connectivity index is 1.94. The van der Waals surface area contributed by atoms with Gasteiger partial charge in [0.25, 0.3) is 11.8 Å². The molecule has 3 rings (SSSR count). The van der Waals surface area contributed by atoms with E-state index < -0.39 is 11.8 Å². The molecule has 0 aromatic heterocycles. The van der Waals surface area contributed by atoms with Crippen molar-refractivity contribution < 1.29 is 19.1 Å². The van der Waals surface area contributed by atoms with Crippen molar-refractivity contribution in [3.8, 4) is 17.6 Å². The second kappa shape index (κ2) is 10.8. The molecule has 0 atom stereocenters. The van der Waals surface area contributed by atoms with Crippen molar-refractivity contribution in [1.29, 1.82) is 5.26 Å². The van der Waals surface area contributed by atoms with Crippen LogP contribution < -0.4 is 14.8 Å². The minimum absolute atomic E-state index is 0.0245. The monoisotopic (exact) mass is 481 g/mol. The number of halogens is 1. The fourth-order valence-corrected chi connectivity index (χ4v) is 3.66. The fraction of sp³-hybridized carbons (Fsp3) is 0.167. The van der Waals surface area contributed by atoms with Crippen molar-refractivity contribution in [3.05, 3.63) is 76.3 Å². The van der Waals surface area contributed by atoms with Crippen molar-refractivity contribution >= 4 is 46.8 Å². The highest BCUT2D eigenvalue weighted by Gasteiger charge is 2.32. The van der Waals surface area contributed by atoms with Crippen LogP contribution in [0.5, 0.6) is 11.5 Å². The van der Waals surface area contributed by atoms with E-state index in [1.54, 1.807) is 37.3 Å². The molecule has 7 nitrogen and oxygen atoms in total. The van der Waals surface area contributed by atoms with E-state index in [1.165, 1.54) is 17.1 Å². The van der Waals surface area contributed by atoms with Crippen LogP contribution in [-0.2, 0) is 16.2 Å². The second-order valence-electron chi connectivity index (χ2n) is 6.84. The predicted octanol–water partition coefficient (Wildman–Crippen LogP) is 4.00.